The molecule has 0 aliphatic rings. The molecular formula is C33H33BrF3N3O3. The number of unbranched alkanes of at least 4 members (excludes halogenated alkanes) is 2. The van der Waals surface area contributed by atoms with Gasteiger partial charge >= 0.3 is 12.1 Å². The van der Waals surface area contributed by atoms with Crippen LogP contribution in [0.1, 0.15) is 79.2 Å². The Morgan fingerprint density at radius 1 is 0.953 bits per heavy atom. The smallest absolute Gasteiger partial charge is 0.416 e. The average Bonchev–Trinajstić information content (AvgIpc) is 2.98. The number of amides is 1. The van der Waals surface area contributed by atoms with Gasteiger partial charge in [0.1, 0.15) is 0 Å². The molecule has 0 bridgehead atoms. The molecule has 0 spiro atoms. The third-order valence-corrected chi connectivity index (χ3v) is 7.48. The Bertz CT molecular complexity index is 1580. The van der Waals surface area contributed by atoms with Crippen LogP contribution in [-0.2, 0) is 22.1 Å². The largest absolute Gasteiger partial charge is 0.466 e. The number of hydrogen-bond donors (Lipinski definition) is 1. The van der Waals surface area contributed by atoms with Crippen LogP contribution >= 0.6 is 15.9 Å². The first-order chi connectivity index (χ1) is 20.5. The molecule has 226 valence electrons. The van der Waals surface area contributed by atoms with E-state index in [2.05, 4.69) is 21.2 Å². The van der Waals surface area contributed by atoms with Crippen LogP contribution in [-0.4, -0.2) is 28.5 Å². The summed E-state index contributed by atoms with van der Waals surface area (Å²) < 4.78 is 45.7. The number of aryl methyl sites for hydroxylation is 1. The topological polar surface area (TPSA) is 81.2 Å². The molecule has 0 unspecified atom stereocenters. The van der Waals surface area contributed by atoms with Crippen molar-refractivity contribution in [1.29, 1.82) is 0 Å². The van der Waals surface area contributed by atoms with Crippen molar-refractivity contribution in [3.63, 3.8) is 0 Å². The molecule has 0 aliphatic heterocycles. The molecule has 1 N–H and O–H groups in total. The van der Waals surface area contributed by atoms with Gasteiger partial charge in [-0.2, -0.15) is 13.2 Å². The highest BCUT2D eigenvalue weighted by molar-refractivity contribution is 9.10. The molecule has 1 aromatic heterocycles. The van der Waals surface area contributed by atoms with Crippen molar-refractivity contribution in [2.75, 3.05) is 6.61 Å². The van der Waals surface area contributed by atoms with E-state index >= 15 is 0 Å². The molecule has 0 saturated carbocycles. The van der Waals surface area contributed by atoms with Gasteiger partial charge in [0.05, 0.1) is 40.6 Å². The second-order valence-electron chi connectivity index (χ2n) is 10.3. The quantitative estimate of drug-likeness (QED) is 0.122. The monoisotopic (exact) mass is 655 g/mol. The number of esters is 1. The van der Waals surface area contributed by atoms with Crippen LogP contribution in [0.3, 0.4) is 0 Å². The Morgan fingerprint density at radius 3 is 2.42 bits per heavy atom. The molecule has 43 heavy (non-hydrogen) atoms. The zero-order valence-electron chi connectivity index (χ0n) is 24.0. The van der Waals surface area contributed by atoms with Gasteiger partial charge in [-0.05, 0) is 80.6 Å². The maximum atomic E-state index is 13.2. The second-order valence-corrected chi connectivity index (χ2v) is 11.2. The van der Waals surface area contributed by atoms with Crippen molar-refractivity contribution < 1.29 is 27.5 Å². The summed E-state index contributed by atoms with van der Waals surface area (Å²) in [6.45, 7) is 4.32. The number of halogens is 4. The summed E-state index contributed by atoms with van der Waals surface area (Å²) in [4.78, 5) is 34.7. The summed E-state index contributed by atoms with van der Waals surface area (Å²) in [7, 11) is 0. The number of nitrogens with one attached hydrogen (secondary N) is 1. The summed E-state index contributed by atoms with van der Waals surface area (Å²) in [6.07, 6.45) is -0.827. The molecule has 3 aromatic carbocycles. The fourth-order valence-corrected chi connectivity index (χ4v) is 4.98. The number of fused-ring (bicyclic) bond motifs is 1. The molecule has 0 radical (unpaired) electrons. The number of ether oxygens (including phenoxy) is 1. The normalized spacial score (nSPS) is 12.2. The van der Waals surface area contributed by atoms with Gasteiger partial charge in [0, 0.05) is 22.0 Å². The van der Waals surface area contributed by atoms with Crippen molar-refractivity contribution in [1.82, 2.24) is 15.3 Å². The summed E-state index contributed by atoms with van der Waals surface area (Å²) >= 11 is 3.45. The highest BCUT2D eigenvalue weighted by Crippen LogP contribution is 2.32. The van der Waals surface area contributed by atoms with Crippen molar-refractivity contribution >= 4 is 38.8 Å². The standard InChI is InChI=1S/C33H33BrF3N3O3/c1-3-4-18-43-30(41)11-6-5-10-28-31(22-12-15-25(16-13-22)33(35,36)37)40-27-17-14-24(20-29(27)39-28)32(42)38-21(2)23-8-7-9-26(34)19-23/h7-9,12-17,19-21H,3-6,10-11,18H2,1-2H3,(H,38,42)/t21-/m1/s1. The Balaban J connectivity index is 1.58. The van der Waals surface area contributed by atoms with E-state index in [9.17, 15) is 22.8 Å². The van der Waals surface area contributed by atoms with E-state index in [0.29, 0.717) is 59.4 Å². The predicted molar refractivity (Wildman–Crippen MR) is 163 cm³/mol. The summed E-state index contributed by atoms with van der Waals surface area (Å²) in [5.41, 5.74) is 3.15. The van der Waals surface area contributed by atoms with Crippen molar-refractivity contribution in [3.8, 4) is 11.3 Å². The lowest BCUT2D eigenvalue weighted by atomic mass is 10.0. The maximum absolute atomic E-state index is 13.2. The molecule has 0 saturated heterocycles. The molecule has 4 aromatic rings. The minimum atomic E-state index is -4.45. The molecule has 0 aliphatic carbocycles. The molecule has 10 heteroatoms. The first-order valence-corrected chi connectivity index (χ1v) is 15.0. The summed E-state index contributed by atoms with van der Waals surface area (Å²) in [5.74, 6) is -0.528. The highest BCUT2D eigenvalue weighted by atomic mass is 79.9. The Morgan fingerprint density at radius 2 is 1.72 bits per heavy atom. The van der Waals surface area contributed by atoms with Crippen molar-refractivity contribution in [2.24, 2.45) is 0 Å². The first kappa shape index (κ1) is 32.1. The summed E-state index contributed by atoms with van der Waals surface area (Å²) in [5, 5.41) is 3.00. The molecule has 6 nitrogen and oxygen atoms in total. The van der Waals surface area contributed by atoms with Crippen LogP contribution in [0.2, 0.25) is 0 Å². The Hall–Kier alpha value is -3.79. The van der Waals surface area contributed by atoms with Gasteiger partial charge in [-0.3, -0.25) is 9.59 Å². The fraction of sp³-hybridized carbons (Fsp3) is 0.333. The molecule has 0 fully saturated rings. The number of carbonyl (C=O) groups excluding carboxylic acids is 2. The minimum absolute atomic E-state index is 0.238. The van der Waals surface area contributed by atoms with Crippen LogP contribution in [0.4, 0.5) is 13.2 Å². The van der Waals surface area contributed by atoms with Crippen LogP contribution in [0.25, 0.3) is 22.3 Å². The summed E-state index contributed by atoms with van der Waals surface area (Å²) in [6, 6.07) is 17.3. The van der Waals surface area contributed by atoms with Gasteiger partial charge in [-0.1, -0.05) is 53.5 Å². The zero-order chi connectivity index (χ0) is 31.0. The lowest BCUT2D eigenvalue weighted by Gasteiger charge is -2.15. The van der Waals surface area contributed by atoms with E-state index in [1.807, 2.05) is 38.1 Å². The third-order valence-electron chi connectivity index (χ3n) is 6.99. The maximum Gasteiger partial charge on any atom is 0.416 e. The predicted octanol–water partition coefficient (Wildman–Crippen LogP) is 8.63. The number of aromatic nitrogens is 2. The van der Waals surface area contributed by atoms with Crippen molar-refractivity contribution in [3.05, 3.63) is 93.6 Å². The average molecular weight is 657 g/mol. The number of hydrogen-bond acceptors (Lipinski definition) is 5. The lowest BCUT2D eigenvalue weighted by molar-refractivity contribution is -0.144. The van der Waals surface area contributed by atoms with Gasteiger partial charge < -0.3 is 10.1 Å². The molecule has 1 amide bonds. The number of nitrogens with zero attached hydrogens (tertiary/aromatic N) is 2. The fourth-order valence-electron chi connectivity index (χ4n) is 4.56. The van der Waals surface area contributed by atoms with Crippen LogP contribution in [0, 0.1) is 0 Å². The SMILES string of the molecule is CCCCOC(=O)CCCCc1nc2cc(C(=O)N[C@H](C)c3cccc(Br)c3)ccc2nc1-c1ccc(C(F)(F)F)cc1. The van der Waals surface area contributed by atoms with E-state index in [0.717, 1.165) is 35.0 Å². The molecule has 1 heterocycles. The van der Waals surface area contributed by atoms with E-state index in [-0.39, 0.29) is 24.3 Å². The molecule has 1 atom stereocenters. The van der Waals surface area contributed by atoms with E-state index in [1.165, 1.54) is 12.1 Å². The van der Waals surface area contributed by atoms with Crippen molar-refractivity contribution in [2.45, 2.75) is 64.6 Å². The van der Waals surface area contributed by atoms with Gasteiger partial charge in [-0.25, -0.2) is 9.97 Å². The lowest BCUT2D eigenvalue weighted by Crippen LogP contribution is -2.26. The van der Waals surface area contributed by atoms with Gasteiger partial charge in [0.15, 0.2) is 0 Å². The van der Waals surface area contributed by atoms with Gasteiger partial charge in [0.2, 0.25) is 0 Å². The minimum Gasteiger partial charge on any atom is -0.466 e. The van der Waals surface area contributed by atoms with Gasteiger partial charge in [-0.15, -0.1) is 0 Å². The van der Waals surface area contributed by atoms with E-state index in [4.69, 9.17) is 14.7 Å². The Labute approximate surface area is 257 Å². The molecule has 4 rings (SSSR count). The third kappa shape index (κ3) is 8.86. The molecular weight excluding hydrogens is 623 g/mol. The highest BCUT2D eigenvalue weighted by Gasteiger charge is 2.30. The van der Waals surface area contributed by atoms with Crippen LogP contribution in [0.5, 0.6) is 0 Å². The van der Waals surface area contributed by atoms with Crippen LogP contribution < -0.4 is 5.32 Å². The van der Waals surface area contributed by atoms with E-state index in [1.54, 1.807) is 18.2 Å². The van der Waals surface area contributed by atoms with E-state index < -0.39 is 11.7 Å². The number of benzene rings is 3. The Kier molecular flexibility index (Phi) is 10.9. The second kappa shape index (κ2) is 14.6. The zero-order valence-corrected chi connectivity index (χ0v) is 25.6. The number of rotatable bonds is 12. The first-order valence-electron chi connectivity index (χ1n) is 14.3. The number of alkyl halides is 3. The van der Waals surface area contributed by atoms with Crippen LogP contribution in [0.15, 0.2) is 71.2 Å². The number of carbonyl (C=O) groups is 2. The van der Waals surface area contributed by atoms with Gasteiger partial charge in [0.25, 0.3) is 5.91 Å².